The lowest BCUT2D eigenvalue weighted by Gasteiger charge is -2.12. The quantitative estimate of drug-likeness (QED) is 0.894. The molecule has 0 aliphatic heterocycles. The summed E-state index contributed by atoms with van der Waals surface area (Å²) >= 11 is 3.25. The average Bonchev–Trinajstić information content (AvgIpc) is 2.27. The van der Waals surface area contributed by atoms with Gasteiger partial charge in [-0.1, -0.05) is 0 Å². The molecule has 0 saturated heterocycles. The van der Waals surface area contributed by atoms with E-state index in [2.05, 4.69) is 15.9 Å². The summed E-state index contributed by atoms with van der Waals surface area (Å²) in [7, 11) is 0. The van der Waals surface area contributed by atoms with Crippen molar-refractivity contribution in [2.24, 2.45) is 5.73 Å². The van der Waals surface area contributed by atoms with Crippen molar-refractivity contribution < 1.29 is 14.3 Å². The number of hydrogen-bond acceptors (Lipinski definition) is 4. The van der Waals surface area contributed by atoms with E-state index >= 15 is 0 Å². The third-order valence-corrected chi connectivity index (χ3v) is 2.39. The molecule has 5 nitrogen and oxygen atoms in total. The van der Waals surface area contributed by atoms with Gasteiger partial charge in [0.15, 0.2) is 18.1 Å². The summed E-state index contributed by atoms with van der Waals surface area (Å²) in [4.78, 5) is 10.7. The van der Waals surface area contributed by atoms with Gasteiger partial charge in [-0.15, -0.1) is 0 Å². The summed E-state index contributed by atoms with van der Waals surface area (Å²) in [5.74, 6) is 0.188. The number of nitrogens with two attached hydrogens (primary N) is 1. The van der Waals surface area contributed by atoms with Crippen molar-refractivity contribution in [3.63, 3.8) is 0 Å². The lowest BCUT2D eigenvalue weighted by atomic mass is 10.2. The minimum absolute atomic E-state index is 0.245. The van der Waals surface area contributed by atoms with Crippen LogP contribution in [0.2, 0.25) is 0 Å². The van der Waals surface area contributed by atoms with Gasteiger partial charge in [0, 0.05) is 6.07 Å². The number of halogens is 1. The van der Waals surface area contributed by atoms with Gasteiger partial charge in [-0.2, -0.15) is 5.26 Å². The zero-order valence-electron chi connectivity index (χ0n) is 9.20. The van der Waals surface area contributed by atoms with Crippen LogP contribution in [0.1, 0.15) is 12.5 Å². The van der Waals surface area contributed by atoms with Crippen LogP contribution in [0.15, 0.2) is 16.6 Å². The van der Waals surface area contributed by atoms with Crippen LogP contribution in [-0.2, 0) is 4.79 Å². The average molecular weight is 299 g/mol. The van der Waals surface area contributed by atoms with Gasteiger partial charge in [-0.3, -0.25) is 4.79 Å². The minimum atomic E-state index is -0.580. The van der Waals surface area contributed by atoms with Gasteiger partial charge in [0.05, 0.1) is 22.7 Å². The van der Waals surface area contributed by atoms with Crippen molar-refractivity contribution in [3.05, 3.63) is 22.2 Å². The van der Waals surface area contributed by atoms with E-state index in [4.69, 9.17) is 20.5 Å². The first-order valence-corrected chi connectivity index (χ1v) is 5.65. The monoisotopic (exact) mass is 298 g/mol. The Bertz CT molecular complexity index is 469. The van der Waals surface area contributed by atoms with Crippen molar-refractivity contribution >= 4 is 21.8 Å². The molecular weight excluding hydrogens is 288 g/mol. The largest absolute Gasteiger partial charge is 0.490 e. The number of hydrogen-bond donors (Lipinski definition) is 1. The second-order valence-electron chi connectivity index (χ2n) is 3.09. The number of amides is 1. The molecule has 1 aromatic carbocycles. The Kier molecular flexibility index (Phi) is 4.79. The Balaban J connectivity index is 3.08. The van der Waals surface area contributed by atoms with Gasteiger partial charge in [0.25, 0.3) is 5.91 Å². The maximum absolute atomic E-state index is 10.7. The molecule has 0 atom stereocenters. The molecule has 2 N–H and O–H groups in total. The van der Waals surface area contributed by atoms with E-state index < -0.39 is 5.91 Å². The molecule has 0 unspecified atom stereocenters. The molecule has 0 radical (unpaired) electrons. The molecule has 1 rings (SSSR count). The summed E-state index contributed by atoms with van der Waals surface area (Å²) in [5.41, 5.74) is 5.43. The van der Waals surface area contributed by atoms with Crippen molar-refractivity contribution in [2.75, 3.05) is 13.2 Å². The van der Waals surface area contributed by atoms with Crippen LogP contribution >= 0.6 is 15.9 Å². The van der Waals surface area contributed by atoms with Crippen LogP contribution in [0.5, 0.6) is 11.5 Å². The van der Waals surface area contributed by atoms with E-state index in [1.807, 2.05) is 13.0 Å². The van der Waals surface area contributed by atoms with Crippen LogP contribution in [-0.4, -0.2) is 19.1 Å². The maximum Gasteiger partial charge on any atom is 0.255 e. The smallest absolute Gasteiger partial charge is 0.255 e. The molecule has 0 aromatic heterocycles. The van der Waals surface area contributed by atoms with Crippen LogP contribution in [0.3, 0.4) is 0 Å². The highest BCUT2D eigenvalue weighted by Gasteiger charge is 2.13. The molecular formula is C11H11BrN2O3. The van der Waals surface area contributed by atoms with Crippen molar-refractivity contribution in [2.45, 2.75) is 6.92 Å². The predicted molar refractivity (Wildman–Crippen MR) is 64.7 cm³/mol. The molecule has 0 fully saturated rings. The first kappa shape index (κ1) is 13.3. The number of primary amides is 1. The number of ether oxygens (including phenoxy) is 2. The van der Waals surface area contributed by atoms with E-state index in [1.165, 1.54) is 0 Å². The molecule has 1 aromatic rings. The van der Waals surface area contributed by atoms with Gasteiger partial charge in [-0.25, -0.2) is 0 Å². The van der Waals surface area contributed by atoms with E-state index in [0.717, 1.165) is 0 Å². The lowest BCUT2D eigenvalue weighted by Crippen LogP contribution is -2.20. The Morgan fingerprint density at radius 1 is 1.53 bits per heavy atom. The van der Waals surface area contributed by atoms with E-state index in [-0.39, 0.29) is 6.61 Å². The van der Waals surface area contributed by atoms with Gasteiger partial charge in [0.2, 0.25) is 0 Å². The van der Waals surface area contributed by atoms with E-state index in [0.29, 0.717) is 28.1 Å². The summed E-state index contributed by atoms with van der Waals surface area (Å²) in [6.07, 6.45) is 0. The summed E-state index contributed by atoms with van der Waals surface area (Å²) in [6, 6.07) is 5.13. The highest BCUT2D eigenvalue weighted by Crippen LogP contribution is 2.36. The SMILES string of the molecule is CCOc1cc(C#N)cc(Br)c1OCC(N)=O. The fourth-order valence-electron chi connectivity index (χ4n) is 1.18. The molecule has 6 heteroatoms. The van der Waals surface area contributed by atoms with Crippen molar-refractivity contribution in [3.8, 4) is 17.6 Å². The number of carbonyl (C=O) groups is 1. The molecule has 90 valence electrons. The van der Waals surface area contributed by atoms with Crippen molar-refractivity contribution in [1.29, 1.82) is 5.26 Å². The highest BCUT2D eigenvalue weighted by molar-refractivity contribution is 9.10. The predicted octanol–water partition coefficient (Wildman–Crippen LogP) is 1.58. The van der Waals surface area contributed by atoms with E-state index in [1.54, 1.807) is 12.1 Å². The first-order valence-electron chi connectivity index (χ1n) is 4.86. The molecule has 0 saturated carbocycles. The maximum atomic E-state index is 10.7. The second kappa shape index (κ2) is 6.11. The Morgan fingerprint density at radius 2 is 2.24 bits per heavy atom. The summed E-state index contributed by atoms with van der Waals surface area (Å²) in [6.45, 7) is 1.99. The van der Waals surface area contributed by atoms with Crippen LogP contribution < -0.4 is 15.2 Å². The molecule has 0 heterocycles. The Labute approximate surface area is 107 Å². The Morgan fingerprint density at radius 3 is 2.76 bits per heavy atom. The van der Waals surface area contributed by atoms with E-state index in [9.17, 15) is 4.79 Å². The standard InChI is InChI=1S/C11H11BrN2O3/c1-2-16-9-4-7(5-13)3-8(12)11(9)17-6-10(14)15/h3-4H,2,6H2,1H3,(H2,14,15). The fraction of sp³-hybridized carbons (Fsp3) is 0.273. The summed E-state index contributed by atoms with van der Waals surface area (Å²) < 4.78 is 11.1. The molecule has 17 heavy (non-hydrogen) atoms. The van der Waals surface area contributed by atoms with Gasteiger partial charge < -0.3 is 15.2 Å². The third-order valence-electron chi connectivity index (χ3n) is 1.80. The normalized spacial score (nSPS) is 9.47. The van der Waals surface area contributed by atoms with Gasteiger partial charge >= 0.3 is 0 Å². The zero-order chi connectivity index (χ0) is 12.8. The number of rotatable bonds is 5. The molecule has 1 amide bonds. The van der Waals surface area contributed by atoms with Gasteiger partial charge in [-0.05, 0) is 28.9 Å². The first-order chi connectivity index (χ1) is 8.08. The molecule has 0 bridgehead atoms. The molecule has 0 aliphatic rings. The zero-order valence-corrected chi connectivity index (χ0v) is 10.8. The topological polar surface area (TPSA) is 85.3 Å². The lowest BCUT2D eigenvalue weighted by molar-refractivity contribution is -0.119. The summed E-state index contributed by atoms with van der Waals surface area (Å²) in [5, 5.41) is 8.82. The third kappa shape index (κ3) is 3.64. The molecule has 0 spiro atoms. The number of nitrogens with zero attached hydrogens (tertiary/aromatic N) is 1. The Hall–Kier alpha value is -1.74. The second-order valence-corrected chi connectivity index (χ2v) is 3.94. The number of benzene rings is 1. The van der Waals surface area contributed by atoms with Crippen LogP contribution in [0.4, 0.5) is 0 Å². The fourth-order valence-corrected chi connectivity index (χ4v) is 1.74. The minimum Gasteiger partial charge on any atom is -0.490 e. The molecule has 0 aliphatic carbocycles. The highest BCUT2D eigenvalue weighted by atomic mass is 79.9. The number of nitriles is 1. The number of carbonyl (C=O) groups excluding carboxylic acids is 1. The van der Waals surface area contributed by atoms with Crippen LogP contribution in [0.25, 0.3) is 0 Å². The van der Waals surface area contributed by atoms with Crippen LogP contribution in [0, 0.1) is 11.3 Å². The van der Waals surface area contributed by atoms with Gasteiger partial charge in [0.1, 0.15) is 0 Å². The van der Waals surface area contributed by atoms with Crippen molar-refractivity contribution in [1.82, 2.24) is 0 Å².